The average Bonchev–Trinajstić information content (AvgIpc) is 2.03. The first-order valence-corrected chi connectivity index (χ1v) is 4.90. The smallest absolute Gasteiger partial charge is 0.144 e. The molecule has 0 radical (unpaired) electrons. The summed E-state index contributed by atoms with van der Waals surface area (Å²) in [6, 6.07) is 6.50. The minimum Gasteiger partial charge on any atom is -0.398 e. The number of hydrogen-bond acceptors (Lipinski definition) is 4. The van der Waals surface area contributed by atoms with E-state index in [0.29, 0.717) is 16.8 Å². The van der Waals surface area contributed by atoms with Crippen molar-refractivity contribution in [2.75, 3.05) is 5.73 Å². The van der Waals surface area contributed by atoms with Crippen molar-refractivity contribution in [2.45, 2.75) is 5.75 Å². The Labute approximate surface area is 77.6 Å². The Morgan fingerprint density at radius 2 is 2.15 bits per heavy atom. The molecular formula is C8H8N2O2S. The van der Waals surface area contributed by atoms with Crippen LogP contribution in [0.1, 0.15) is 11.1 Å². The van der Waals surface area contributed by atoms with Crippen LogP contribution in [-0.4, -0.2) is 8.42 Å². The highest BCUT2D eigenvalue weighted by Crippen LogP contribution is 2.13. The molecule has 13 heavy (non-hydrogen) atoms. The summed E-state index contributed by atoms with van der Waals surface area (Å²) >= 11 is 0. The molecule has 4 nitrogen and oxygen atoms in total. The van der Waals surface area contributed by atoms with Crippen molar-refractivity contribution in [3.8, 4) is 6.07 Å². The van der Waals surface area contributed by atoms with Gasteiger partial charge in [0, 0.05) is 5.69 Å². The van der Waals surface area contributed by atoms with Crippen molar-refractivity contribution < 1.29 is 8.42 Å². The molecule has 0 spiro atoms. The van der Waals surface area contributed by atoms with Gasteiger partial charge in [-0.15, -0.1) is 0 Å². The Kier molecular flexibility index (Phi) is 2.88. The van der Waals surface area contributed by atoms with E-state index < -0.39 is 10.7 Å². The molecule has 0 atom stereocenters. The minimum absolute atomic E-state index is 0.0365. The van der Waals surface area contributed by atoms with Crippen molar-refractivity contribution in [1.29, 1.82) is 5.26 Å². The minimum atomic E-state index is -2.44. The predicted octanol–water partition coefficient (Wildman–Crippen LogP) is 0.252. The van der Waals surface area contributed by atoms with E-state index >= 15 is 0 Å². The molecule has 0 saturated heterocycles. The maximum atomic E-state index is 10.4. The summed E-state index contributed by atoms with van der Waals surface area (Å²) < 4.78 is 20.7. The van der Waals surface area contributed by atoms with Crippen LogP contribution in [0.3, 0.4) is 0 Å². The number of nitrogen functional groups attached to an aromatic ring is 1. The molecule has 0 aliphatic carbocycles. The van der Waals surface area contributed by atoms with Crippen molar-refractivity contribution in [3.05, 3.63) is 29.3 Å². The van der Waals surface area contributed by atoms with Gasteiger partial charge in [0.2, 0.25) is 0 Å². The Hall–Kier alpha value is -1.54. The van der Waals surface area contributed by atoms with Crippen molar-refractivity contribution in [2.24, 2.45) is 0 Å². The van der Waals surface area contributed by atoms with Gasteiger partial charge >= 0.3 is 0 Å². The number of anilines is 1. The van der Waals surface area contributed by atoms with E-state index in [2.05, 4.69) is 0 Å². The number of hydrogen-bond donors (Lipinski definition) is 2. The van der Waals surface area contributed by atoms with Crippen LogP contribution in [-0.2, 0) is 16.5 Å². The summed E-state index contributed by atoms with van der Waals surface area (Å²) in [5.74, 6) is -0.0365. The van der Waals surface area contributed by atoms with Crippen LogP contribution in [0.15, 0.2) is 18.2 Å². The molecule has 0 aliphatic heterocycles. The standard InChI is InChI=1S/C8H8N2O2S/c9-4-7-2-1-6(3-8(7)10)5-13(11)12/h1-3,13H,5,10H2. The van der Waals surface area contributed by atoms with E-state index in [1.165, 1.54) is 12.1 Å². The number of nitrogens with two attached hydrogens (primary N) is 1. The quantitative estimate of drug-likeness (QED) is 0.524. The second-order valence-corrected chi connectivity index (χ2v) is 3.51. The fraction of sp³-hybridized carbons (Fsp3) is 0.125. The highest BCUT2D eigenvalue weighted by molar-refractivity contribution is 7.71. The second-order valence-electron chi connectivity index (χ2n) is 2.52. The average molecular weight is 196 g/mol. The lowest BCUT2D eigenvalue weighted by molar-refractivity contribution is 0.614. The summed E-state index contributed by atoms with van der Waals surface area (Å²) in [5.41, 5.74) is 6.77. The SMILES string of the molecule is N#Cc1ccc(C[SH](=O)=O)cc1N. The molecule has 0 aliphatic rings. The van der Waals surface area contributed by atoms with Gasteiger partial charge in [0.1, 0.15) is 16.8 Å². The van der Waals surface area contributed by atoms with Gasteiger partial charge in [-0.05, 0) is 17.7 Å². The van der Waals surface area contributed by atoms with E-state index in [9.17, 15) is 8.42 Å². The third-order valence-electron chi connectivity index (χ3n) is 1.55. The summed E-state index contributed by atoms with van der Waals surface area (Å²) in [4.78, 5) is 0. The molecule has 0 fully saturated rings. The van der Waals surface area contributed by atoms with Gasteiger partial charge < -0.3 is 5.73 Å². The van der Waals surface area contributed by atoms with Gasteiger partial charge in [-0.3, -0.25) is 0 Å². The maximum Gasteiger partial charge on any atom is 0.144 e. The molecule has 1 aromatic rings. The van der Waals surface area contributed by atoms with Crippen LogP contribution in [0.4, 0.5) is 5.69 Å². The molecule has 0 unspecified atom stereocenters. The molecular weight excluding hydrogens is 188 g/mol. The van der Waals surface area contributed by atoms with Crippen LogP contribution < -0.4 is 5.73 Å². The molecule has 0 aromatic heterocycles. The molecule has 68 valence electrons. The lowest BCUT2D eigenvalue weighted by Crippen LogP contribution is -1.93. The molecule has 0 amide bonds. The summed E-state index contributed by atoms with van der Waals surface area (Å²) in [7, 11) is -2.44. The van der Waals surface area contributed by atoms with E-state index in [1.54, 1.807) is 6.07 Å². The largest absolute Gasteiger partial charge is 0.398 e. The van der Waals surface area contributed by atoms with E-state index in [4.69, 9.17) is 11.0 Å². The van der Waals surface area contributed by atoms with Crippen LogP contribution in [0.5, 0.6) is 0 Å². The molecule has 0 bridgehead atoms. The molecule has 5 heteroatoms. The molecule has 1 aromatic carbocycles. The summed E-state index contributed by atoms with van der Waals surface area (Å²) in [6.45, 7) is 0. The topological polar surface area (TPSA) is 84.0 Å². The molecule has 0 saturated carbocycles. The third-order valence-corrected chi connectivity index (χ3v) is 2.17. The monoisotopic (exact) mass is 196 g/mol. The lowest BCUT2D eigenvalue weighted by atomic mass is 10.1. The van der Waals surface area contributed by atoms with Crippen molar-refractivity contribution >= 4 is 16.4 Å². The lowest BCUT2D eigenvalue weighted by Gasteiger charge is -1.99. The Bertz CT molecular complexity index is 424. The predicted molar refractivity (Wildman–Crippen MR) is 49.6 cm³/mol. The van der Waals surface area contributed by atoms with E-state index in [0.717, 1.165) is 0 Å². The number of nitrogens with zero attached hydrogens (tertiary/aromatic N) is 1. The second kappa shape index (κ2) is 3.92. The van der Waals surface area contributed by atoms with Gasteiger partial charge in [-0.2, -0.15) is 5.26 Å². The number of rotatable bonds is 2. The van der Waals surface area contributed by atoms with Gasteiger partial charge in [0.15, 0.2) is 0 Å². The van der Waals surface area contributed by atoms with Crippen LogP contribution >= 0.6 is 0 Å². The van der Waals surface area contributed by atoms with Crippen LogP contribution in [0.25, 0.3) is 0 Å². The fourth-order valence-electron chi connectivity index (χ4n) is 0.961. The van der Waals surface area contributed by atoms with Gasteiger partial charge in [0.05, 0.1) is 11.3 Å². The highest BCUT2D eigenvalue weighted by atomic mass is 32.2. The zero-order valence-electron chi connectivity index (χ0n) is 6.73. The first kappa shape index (κ1) is 9.55. The van der Waals surface area contributed by atoms with Crippen LogP contribution in [0.2, 0.25) is 0 Å². The first-order valence-electron chi connectivity index (χ1n) is 3.54. The third kappa shape index (κ3) is 2.46. The highest BCUT2D eigenvalue weighted by Gasteiger charge is 2.00. The van der Waals surface area contributed by atoms with E-state index in [1.807, 2.05) is 6.07 Å². The van der Waals surface area contributed by atoms with Crippen molar-refractivity contribution in [3.63, 3.8) is 0 Å². The van der Waals surface area contributed by atoms with E-state index in [-0.39, 0.29) is 5.75 Å². The number of nitriles is 1. The van der Waals surface area contributed by atoms with Crippen molar-refractivity contribution in [1.82, 2.24) is 0 Å². The zero-order valence-corrected chi connectivity index (χ0v) is 7.62. The fourth-order valence-corrected chi connectivity index (χ4v) is 1.46. The van der Waals surface area contributed by atoms with Gasteiger partial charge in [-0.25, -0.2) is 8.42 Å². The summed E-state index contributed by atoms with van der Waals surface area (Å²) in [5, 5.41) is 8.54. The Morgan fingerprint density at radius 3 is 2.62 bits per heavy atom. The molecule has 0 heterocycles. The zero-order chi connectivity index (χ0) is 9.84. The number of thiol groups is 1. The van der Waals surface area contributed by atoms with Crippen LogP contribution in [0, 0.1) is 11.3 Å². The number of benzene rings is 1. The Morgan fingerprint density at radius 1 is 1.46 bits per heavy atom. The molecule has 2 N–H and O–H groups in total. The Balaban J connectivity index is 3.04. The van der Waals surface area contributed by atoms with Gasteiger partial charge in [0.25, 0.3) is 0 Å². The first-order chi connectivity index (χ1) is 6.13. The normalized spacial score (nSPS) is 9.85. The summed E-state index contributed by atoms with van der Waals surface area (Å²) in [6.07, 6.45) is 0. The van der Waals surface area contributed by atoms with Gasteiger partial charge in [-0.1, -0.05) is 6.07 Å². The molecule has 1 rings (SSSR count). The maximum absolute atomic E-state index is 10.4.